The summed E-state index contributed by atoms with van der Waals surface area (Å²) in [6.07, 6.45) is 0. The van der Waals surface area contributed by atoms with Crippen LogP contribution < -0.4 is 5.32 Å². The molecule has 1 aromatic carbocycles. The summed E-state index contributed by atoms with van der Waals surface area (Å²) in [5.74, 6) is 0.0262. The molecule has 1 amide bonds. The van der Waals surface area contributed by atoms with E-state index in [9.17, 15) is 4.79 Å². The Morgan fingerprint density at radius 3 is 2.83 bits per heavy atom. The second-order valence-electron chi connectivity index (χ2n) is 5.47. The van der Waals surface area contributed by atoms with Crippen molar-refractivity contribution in [2.45, 2.75) is 26.3 Å². The Kier molecular flexibility index (Phi) is 3.64. The lowest BCUT2D eigenvalue weighted by molar-refractivity contribution is 0.0652. The van der Waals surface area contributed by atoms with E-state index in [4.69, 9.17) is 11.6 Å². The number of carbonyl (C=O) groups is 1. The third-order valence-corrected chi connectivity index (χ3v) is 3.78. The van der Waals surface area contributed by atoms with Crippen LogP contribution in [0.4, 0.5) is 0 Å². The molecule has 1 aliphatic heterocycles. The molecule has 98 valence electrons. The van der Waals surface area contributed by atoms with Crippen molar-refractivity contribution in [1.29, 1.82) is 0 Å². The summed E-state index contributed by atoms with van der Waals surface area (Å²) in [6.45, 7) is 8.38. The summed E-state index contributed by atoms with van der Waals surface area (Å²) in [4.78, 5) is 14.3. The summed E-state index contributed by atoms with van der Waals surface area (Å²) < 4.78 is 0. The highest BCUT2D eigenvalue weighted by atomic mass is 35.5. The highest BCUT2D eigenvalue weighted by molar-refractivity contribution is 6.34. The van der Waals surface area contributed by atoms with Crippen LogP contribution in [0.3, 0.4) is 0 Å². The third-order valence-electron chi connectivity index (χ3n) is 3.28. The van der Waals surface area contributed by atoms with Gasteiger partial charge in [0.05, 0.1) is 10.6 Å². The molecule has 0 radical (unpaired) electrons. The number of aryl methyl sites for hydroxylation is 1. The number of piperazine rings is 1. The van der Waals surface area contributed by atoms with Crippen LogP contribution in [0.25, 0.3) is 0 Å². The first kappa shape index (κ1) is 13.4. The summed E-state index contributed by atoms with van der Waals surface area (Å²) in [7, 11) is 0. The average Bonchev–Trinajstić information content (AvgIpc) is 2.30. The van der Waals surface area contributed by atoms with Gasteiger partial charge in [-0.25, -0.2) is 0 Å². The normalized spacial score (nSPS) is 18.8. The molecule has 18 heavy (non-hydrogen) atoms. The van der Waals surface area contributed by atoms with Gasteiger partial charge in [-0.2, -0.15) is 0 Å². The molecule has 0 aromatic heterocycles. The van der Waals surface area contributed by atoms with Gasteiger partial charge in [-0.3, -0.25) is 4.79 Å². The van der Waals surface area contributed by atoms with E-state index in [0.29, 0.717) is 17.1 Å². The third kappa shape index (κ3) is 2.68. The number of hydrogen-bond acceptors (Lipinski definition) is 2. The van der Waals surface area contributed by atoms with Crippen LogP contribution >= 0.6 is 11.6 Å². The van der Waals surface area contributed by atoms with Gasteiger partial charge in [0.15, 0.2) is 0 Å². The minimum atomic E-state index is -0.0375. The fraction of sp³-hybridized carbons (Fsp3) is 0.500. The number of hydrogen-bond donors (Lipinski definition) is 1. The second-order valence-corrected chi connectivity index (χ2v) is 5.85. The zero-order valence-electron chi connectivity index (χ0n) is 11.1. The highest BCUT2D eigenvalue weighted by Crippen LogP contribution is 2.23. The van der Waals surface area contributed by atoms with Gasteiger partial charge in [0.25, 0.3) is 5.91 Å². The van der Waals surface area contributed by atoms with E-state index in [0.717, 1.165) is 18.7 Å². The van der Waals surface area contributed by atoms with Gasteiger partial charge < -0.3 is 10.2 Å². The lowest BCUT2D eigenvalue weighted by atomic mass is 10.0. The lowest BCUT2D eigenvalue weighted by Crippen LogP contribution is -2.58. The Balaban J connectivity index is 2.23. The quantitative estimate of drug-likeness (QED) is 0.847. The maximum Gasteiger partial charge on any atom is 0.255 e. The van der Waals surface area contributed by atoms with Crippen LogP contribution in [0.2, 0.25) is 5.02 Å². The van der Waals surface area contributed by atoms with Crippen molar-refractivity contribution in [3.8, 4) is 0 Å². The molecule has 0 spiro atoms. The molecule has 0 saturated carbocycles. The number of carbonyl (C=O) groups excluding carboxylic acids is 1. The van der Waals surface area contributed by atoms with Gasteiger partial charge in [0.1, 0.15) is 0 Å². The van der Waals surface area contributed by atoms with Crippen LogP contribution in [0.1, 0.15) is 29.8 Å². The van der Waals surface area contributed by atoms with E-state index >= 15 is 0 Å². The predicted molar refractivity (Wildman–Crippen MR) is 74.2 cm³/mol. The van der Waals surface area contributed by atoms with Crippen molar-refractivity contribution < 1.29 is 4.79 Å². The van der Waals surface area contributed by atoms with Gasteiger partial charge in [-0.1, -0.05) is 23.7 Å². The maximum absolute atomic E-state index is 12.5. The molecule has 3 nitrogen and oxygen atoms in total. The molecule has 0 bridgehead atoms. The first-order valence-electron chi connectivity index (χ1n) is 6.20. The van der Waals surface area contributed by atoms with Gasteiger partial charge in [0, 0.05) is 25.2 Å². The van der Waals surface area contributed by atoms with Crippen LogP contribution in [0, 0.1) is 6.92 Å². The molecule has 1 heterocycles. The zero-order valence-corrected chi connectivity index (χ0v) is 11.8. The Bertz CT molecular complexity index is 471. The van der Waals surface area contributed by atoms with Crippen molar-refractivity contribution in [2.24, 2.45) is 0 Å². The predicted octanol–water partition coefficient (Wildman–Crippen LogP) is 2.47. The lowest BCUT2D eigenvalue weighted by Gasteiger charge is -2.39. The standard InChI is InChI=1S/C14H19ClN2O/c1-10-5-4-6-11(12(10)15)13(18)17-8-7-16-14(2,3)9-17/h4-6,16H,7-9H2,1-3H3. The topological polar surface area (TPSA) is 32.3 Å². The number of nitrogens with one attached hydrogen (secondary N) is 1. The summed E-state index contributed by atoms with van der Waals surface area (Å²) >= 11 is 6.22. The smallest absolute Gasteiger partial charge is 0.255 e. The molecule has 1 aliphatic rings. The van der Waals surface area contributed by atoms with Crippen molar-refractivity contribution in [2.75, 3.05) is 19.6 Å². The Morgan fingerprint density at radius 2 is 2.17 bits per heavy atom. The molecule has 1 aromatic rings. The van der Waals surface area contributed by atoms with Crippen molar-refractivity contribution in [3.05, 3.63) is 34.3 Å². The highest BCUT2D eigenvalue weighted by Gasteiger charge is 2.29. The molecule has 0 unspecified atom stereocenters. The van der Waals surface area contributed by atoms with Gasteiger partial charge >= 0.3 is 0 Å². The first-order chi connectivity index (χ1) is 8.41. The number of amides is 1. The first-order valence-corrected chi connectivity index (χ1v) is 6.58. The maximum atomic E-state index is 12.5. The van der Waals surface area contributed by atoms with Gasteiger partial charge in [-0.05, 0) is 32.4 Å². The minimum absolute atomic E-state index is 0.0262. The molecular weight excluding hydrogens is 248 g/mol. The van der Waals surface area contributed by atoms with Gasteiger partial charge in [-0.15, -0.1) is 0 Å². The van der Waals surface area contributed by atoms with Crippen LogP contribution in [0.5, 0.6) is 0 Å². The minimum Gasteiger partial charge on any atom is -0.335 e. The molecule has 4 heteroatoms. The molecule has 2 rings (SSSR count). The van der Waals surface area contributed by atoms with Crippen molar-refractivity contribution in [1.82, 2.24) is 10.2 Å². The number of benzene rings is 1. The van der Waals surface area contributed by atoms with Crippen molar-refractivity contribution >= 4 is 17.5 Å². The van der Waals surface area contributed by atoms with E-state index in [1.807, 2.05) is 24.0 Å². The molecular formula is C14H19ClN2O. The Morgan fingerprint density at radius 1 is 1.44 bits per heavy atom. The Hall–Kier alpha value is -1.06. The number of nitrogens with zero attached hydrogens (tertiary/aromatic N) is 1. The van der Waals surface area contributed by atoms with Crippen LogP contribution in [0.15, 0.2) is 18.2 Å². The zero-order chi connectivity index (χ0) is 13.3. The van der Waals surface area contributed by atoms with E-state index in [2.05, 4.69) is 19.2 Å². The fourth-order valence-corrected chi connectivity index (χ4v) is 2.50. The molecule has 0 atom stereocenters. The number of rotatable bonds is 1. The SMILES string of the molecule is Cc1cccc(C(=O)N2CCNC(C)(C)C2)c1Cl. The second kappa shape index (κ2) is 4.90. The van der Waals surface area contributed by atoms with Crippen LogP contribution in [-0.4, -0.2) is 36.0 Å². The summed E-state index contributed by atoms with van der Waals surface area (Å²) in [5, 5.41) is 3.96. The Labute approximate surface area is 113 Å². The molecule has 1 fully saturated rings. The van der Waals surface area contributed by atoms with Gasteiger partial charge in [0.2, 0.25) is 0 Å². The summed E-state index contributed by atoms with van der Waals surface area (Å²) in [5.41, 5.74) is 1.51. The average molecular weight is 267 g/mol. The number of halogens is 1. The van der Waals surface area contributed by atoms with E-state index in [1.165, 1.54) is 0 Å². The fourth-order valence-electron chi connectivity index (χ4n) is 2.30. The van der Waals surface area contributed by atoms with E-state index in [1.54, 1.807) is 6.07 Å². The molecule has 1 N–H and O–H groups in total. The molecule has 0 aliphatic carbocycles. The van der Waals surface area contributed by atoms with E-state index in [-0.39, 0.29) is 11.4 Å². The monoisotopic (exact) mass is 266 g/mol. The van der Waals surface area contributed by atoms with Crippen LogP contribution in [-0.2, 0) is 0 Å². The molecule has 1 saturated heterocycles. The van der Waals surface area contributed by atoms with E-state index < -0.39 is 0 Å². The largest absolute Gasteiger partial charge is 0.335 e. The summed E-state index contributed by atoms with van der Waals surface area (Å²) in [6, 6.07) is 5.59. The van der Waals surface area contributed by atoms with Crippen molar-refractivity contribution in [3.63, 3.8) is 0 Å².